The first-order valence-electron chi connectivity index (χ1n) is 20.5. The highest BCUT2D eigenvalue weighted by atomic mass is 16.5. The highest BCUT2D eigenvalue weighted by Crippen LogP contribution is 2.32. The number of hydrogen-bond donors (Lipinski definition) is 5. The summed E-state index contributed by atoms with van der Waals surface area (Å²) in [4.78, 5) is 95.0. The van der Waals surface area contributed by atoms with Crippen LogP contribution in [0.2, 0.25) is 0 Å². The van der Waals surface area contributed by atoms with Crippen molar-refractivity contribution in [2.45, 2.75) is 127 Å². The zero-order chi connectivity index (χ0) is 40.7. The number of carbonyl (C=O) groups is 7. The van der Waals surface area contributed by atoms with Crippen molar-refractivity contribution >= 4 is 41.2 Å². The Balaban J connectivity index is 1.28. The molecule has 14 heteroatoms. The van der Waals surface area contributed by atoms with Crippen molar-refractivity contribution in [2.24, 2.45) is 17.6 Å². The van der Waals surface area contributed by atoms with E-state index < -0.39 is 66.2 Å². The standard InChI is InChI=1S/C43H58N6O8/c1-2-14-33(39(52)42(55)45-25-36(51)48-37(40(44)53)30-19-8-4-9-20-30)46-41(54)34-24-32(57-27-29-17-6-3-7-18-29)26-49(34)43(56)38(31-21-10-5-11-22-31)47-35(50)23-28-15-12-13-16-28/h3-4,6-9,17-20,28,31-34,37-38H,2,5,10-16,21-27H2,1H3,(H2,44,53)(H,45,55)(H,46,54)(H,47,50)(H,48,51)/t32-,33?,34+,37?,38?/m1/s1. The number of benzene rings is 2. The van der Waals surface area contributed by atoms with Gasteiger partial charge in [-0.25, -0.2) is 0 Å². The number of nitrogens with zero attached hydrogens (tertiary/aromatic N) is 1. The van der Waals surface area contributed by atoms with E-state index in [1.165, 1.54) is 4.90 Å². The van der Waals surface area contributed by atoms with Crippen LogP contribution >= 0.6 is 0 Å². The molecule has 2 aromatic carbocycles. The van der Waals surface area contributed by atoms with E-state index in [2.05, 4.69) is 21.3 Å². The van der Waals surface area contributed by atoms with Gasteiger partial charge in [0, 0.05) is 19.4 Å². The third-order valence-corrected chi connectivity index (χ3v) is 11.4. The second-order valence-electron chi connectivity index (χ2n) is 15.7. The molecule has 6 N–H and O–H groups in total. The second-order valence-corrected chi connectivity index (χ2v) is 15.7. The van der Waals surface area contributed by atoms with Crippen LogP contribution in [0.3, 0.4) is 0 Å². The van der Waals surface area contributed by atoms with Crippen LogP contribution < -0.4 is 27.0 Å². The summed E-state index contributed by atoms with van der Waals surface area (Å²) in [6.07, 6.45) is 9.30. The van der Waals surface area contributed by atoms with E-state index in [9.17, 15) is 33.6 Å². The van der Waals surface area contributed by atoms with E-state index in [0.29, 0.717) is 24.3 Å². The van der Waals surface area contributed by atoms with E-state index in [0.717, 1.165) is 63.4 Å². The molecule has 57 heavy (non-hydrogen) atoms. The van der Waals surface area contributed by atoms with Gasteiger partial charge in [0.05, 0.1) is 25.3 Å². The molecule has 5 atom stereocenters. The number of ketones is 1. The molecule has 6 amide bonds. The summed E-state index contributed by atoms with van der Waals surface area (Å²) >= 11 is 0. The van der Waals surface area contributed by atoms with Gasteiger partial charge in [-0.05, 0) is 55.1 Å². The van der Waals surface area contributed by atoms with Crippen molar-refractivity contribution in [3.8, 4) is 0 Å². The minimum absolute atomic E-state index is 0.0759. The Morgan fingerprint density at radius 3 is 2.11 bits per heavy atom. The van der Waals surface area contributed by atoms with Gasteiger partial charge < -0.3 is 36.6 Å². The Hall–Kier alpha value is -5.11. The van der Waals surface area contributed by atoms with E-state index in [-0.39, 0.29) is 43.7 Å². The summed E-state index contributed by atoms with van der Waals surface area (Å²) in [7, 11) is 0. The van der Waals surface area contributed by atoms with Gasteiger partial charge in [0.1, 0.15) is 18.1 Å². The lowest BCUT2D eigenvalue weighted by molar-refractivity contribution is -0.144. The Kier molecular flexibility index (Phi) is 16.2. The van der Waals surface area contributed by atoms with Crippen LogP contribution in [0.15, 0.2) is 60.7 Å². The Bertz CT molecular complexity index is 1700. The molecule has 308 valence electrons. The molecule has 0 radical (unpaired) electrons. The lowest BCUT2D eigenvalue weighted by atomic mass is 9.83. The molecule has 2 aromatic rings. The SMILES string of the molecule is CCCC(NC(=O)[C@@H]1C[C@@H](OCc2ccccc2)CN1C(=O)C(NC(=O)CC1CCCC1)C1CCCCC1)C(=O)C(=O)NCC(=O)NC(C(N)=O)c1ccccc1. The maximum atomic E-state index is 14.6. The molecule has 14 nitrogen and oxygen atoms in total. The minimum atomic E-state index is -1.24. The van der Waals surface area contributed by atoms with Crippen molar-refractivity contribution in [1.82, 2.24) is 26.2 Å². The molecular weight excluding hydrogens is 729 g/mol. The average molecular weight is 787 g/mol. The highest BCUT2D eigenvalue weighted by Gasteiger charge is 2.45. The first-order valence-corrected chi connectivity index (χ1v) is 20.5. The Morgan fingerprint density at radius 2 is 1.46 bits per heavy atom. The third-order valence-electron chi connectivity index (χ3n) is 11.4. The molecule has 0 aromatic heterocycles. The molecule has 1 heterocycles. The molecule has 3 unspecified atom stereocenters. The largest absolute Gasteiger partial charge is 0.372 e. The number of likely N-dealkylation sites (tertiary alicyclic amines) is 1. The number of amides is 6. The molecule has 3 aliphatic rings. The van der Waals surface area contributed by atoms with Crippen LogP contribution in [-0.2, 0) is 44.9 Å². The van der Waals surface area contributed by atoms with E-state index in [4.69, 9.17) is 10.5 Å². The van der Waals surface area contributed by atoms with Gasteiger partial charge >= 0.3 is 0 Å². The molecular formula is C43H58N6O8. The summed E-state index contributed by atoms with van der Waals surface area (Å²) in [6.45, 7) is 1.56. The lowest BCUT2D eigenvalue weighted by Gasteiger charge is -2.35. The predicted octanol–water partition coefficient (Wildman–Crippen LogP) is 3.13. The smallest absolute Gasteiger partial charge is 0.290 e. The van der Waals surface area contributed by atoms with E-state index in [1.54, 1.807) is 37.3 Å². The van der Waals surface area contributed by atoms with Crippen LogP contribution in [0, 0.1) is 11.8 Å². The molecule has 1 aliphatic heterocycles. The zero-order valence-corrected chi connectivity index (χ0v) is 32.9. The van der Waals surface area contributed by atoms with Gasteiger partial charge in [0.25, 0.3) is 5.91 Å². The van der Waals surface area contributed by atoms with Crippen molar-refractivity contribution in [1.29, 1.82) is 0 Å². The molecule has 2 aliphatic carbocycles. The fourth-order valence-electron chi connectivity index (χ4n) is 8.34. The second kappa shape index (κ2) is 21.4. The van der Waals surface area contributed by atoms with Crippen molar-refractivity contribution in [3.63, 3.8) is 0 Å². The predicted molar refractivity (Wildman–Crippen MR) is 212 cm³/mol. The fourth-order valence-corrected chi connectivity index (χ4v) is 8.34. The first kappa shape index (κ1) is 43.0. The van der Waals surface area contributed by atoms with Crippen molar-refractivity contribution in [3.05, 3.63) is 71.8 Å². The minimum Gasteiger partial charge on any atom is -0.372 e. The van der Waals surface area contributed by atoms with Crippen molar-refractivity contribution < 1.29 is 38.3 Å². The number of primary amides is 1. The Labute approximate surface area is 334 Å². The Morgan fingerprint density at radius 1 is 0.807 bits per heavy atom. The van der Waals surface area contributed by atoms with Gasteiger partial charge in [0.15, 0.2) is 0 Å². The number of nitrogens with two attached hydrogens (primary N) is 1. The topological polar surface area (TPSA) is 206 Å². The number of carbonyl (C=O) groups excluding carboxylic acids is 7. The number of Topliss-reactive ketones (excluding diaryl/α,β-unsaturated/α-hetero) is 1. The van der Waals surface area contributed by atoms with E-state index >= 15 is 0 Å². The average Bonchev–Trinajstić information content (AvgIpc) is 3.91. The molecule has 0 bridgehead atoms. The van der Waals surface area contributed by atoms with Crippen LogP contribution in [0.5, 0.6) is 0 Å². The van der Waals surface area contributed by atoms with Crippen LogP contribution in [0.4, 0.5) is 0 Å². The fraction of sp³-hybridized carbons (Fsp3) is 0.558. The third kappa shape index (κ3) is 12.4. The molecule has 5 rings (SSSR count). The summed E-state index contributed by atoms with van der Waals surface area (Å²) in [6, 6.07) is 13.7. The first-order chi connectivity index (χ1) is 27.5. The van der Waals surface area contributed by atoms with Gasteiger partial charge in [0.2, 0.25) is 35.3 Å². The van der Waals surface area contributed by atoms with Crippen LogP contribution in [0.1, 0.15) is 108 Å². The number of rotatable bonds is 19. The maximum Gasteiger partial charge on any atom is 0.290 e. The molecule has 2 saturated carbocycles. The lowest BCUT2D eigenvalue weighted by Crippen LogP contribution is -2.58. The van der Waals surface area contributed by atoms with Gasteiger partial charge in [-0.1, -0.05) is 106 Å². The number of nitrogens with one attached hydrogen (secondary N) is 4. The normalized spacial score (nSPS) is 20.2. The molecule has 3 fully saturated rings. The molecule has 0 spiro atoms. The van der Waals surface area contributed by atoms with Gasteiger partial charge in [-0.15, -0.1) is 0 Å². The van der Waals surface area contributed by atoms with Crippen molar-refractivity contribution in [2.75, 3.05) is 13.1 Å². The van der Waals surface area contributed by atoms with Gasteiger partial charge in [-0.2, -0.15) is 0 Å². The highest BCUT2D eigenvalue weighted by molar-refractivity contribution is 6.38. The number of ether oxygens (including phenoxy) is 1. The maximum absolute atomic E-state index is 14.6. The summed E-state index contributed by atoms with van der Waals surface area (Å²) in [5.74, 6) is -4.48. The zero-order valence-electron chi connectivity index (χ0n) is 32.9. The quantitative estimate of drug-likeness (QED) is 0.134. The van der Waals surface area contributed by atoms with Crippen LogP contribution in [-0.4, -0.2) is 83.4 Å². The van der Waals surface area contributed by atoms with Gasteiger partial charge in [-0.3, -0.25) is 33.6 Å². The van der Waals surface area contributed by atoms with Crippen LogP contribution in [0.25, 0.3) is 0 Å². The summed E-state index contributed by atoms with van der Waals surface area (Å²) in [5, 5.41) is 10.6. The summed E-state index contributed by atoms with van der Waals surface area (Å²) < 4.78 is 6.25. The monoisotopic (exact) mass is 786 g/mol. The summed E-state index contributed by atoms with van der Waals surface area (Å²) in [5.41, 5.74) is 6.88. The van der Waals surface area contributed by atoms with E-state index in [1.807, 2.05) is 30.3 Å². The number of hydrogen-bond acceptors (Lipinski definition) is 8. The molecule has 1 saturated heterocycles.